The van der Waals surface area contributed by atoms with Crippen LogP contribution in [0.5, 0.6) is 11.5 Å². The molecule has 2 aromatic carbocycles. The summed E-state index contributed by atoms with van der Waals surface area (Å²) >= 11 is 11.6. The number of thiocarbonyl (C=S) groups is 1. The number of nitrogens with one attached hydrogen (secondary N) is 1. The Hall–Kier alpha value is -2.90. The molecule has 0 aromatic heterocycles. The lowest BCUT2D eigenvalue weighted by Gasteiger charge is -2.30. The van der Waals surface area contributed by atoms with Gasteiger partial charge in [-0.05, 0) is 74.0 Å². The number of ether oxygens (including phenoxy) is 2. The smallest absolute Gasteiger partial charge is 0.270 e. The van der Waals surface area contributed by atoms with Gasteiger partial charge in [0.05, 0.1) is 24.4 Å². The van der Waals surface area contributed by atoms with Crippen molar-refractivity contribution < 1.29 is 19.1 Å². The lowest BCUT2D eigenvalue weighted by molar-refractivity contribution is -0.122. The Morgan fingerprint density at radius 2 is 1.97 bits per heavy atom. The molecule has 1 fully saturated rings. The molecule has 0 aliphatic carbocycles. The monoisotopic (exact) mass is 444 g/mol. The molecule has 0 atom stereocenters. The molecule has 156 valence electrons. The minimum Gasteiger partial charge on any atom is -0.493 e. The van der Waals surface area contributed by atoms with Crippen molar-refractivity contribution in [2.75, 3.05) is 18.6 Å². The van der Waals surface area contributed by atoms with Crippen molar-refractivity contribution in [3.05, 3.63) is 57.6 Å². The quantitative estimate of drug-likeness (QED) is 0.425. The van der Waals surface area contributed by atoms with Crippen molar-refractivity contribution in [3.63, 3.8) is 0 Å². The molecule has 2 amide bonds. The van der Waals surface area contributed by atoms with Crippen LogP contribution in [-0.2, 0) is 9.59 Å². The van der Waals surface area contributed by atoms with Crippen LogP contribution in [0.2, 0.25) is 5.02 Å². The van der Waals surface area contributed by atoms with Gasteiger partial charge >= 0.3 is 0 Å². The third kappa shape index (κ3) is 4.04. The number of hydrogen-bond donors (Lipinski definition) is 1. The molecule has 1 N–H and O–H groups in total. The number of nitrogens with zero attached hydrogens (tertiary/aromatic N) is 1. The Labute approximate surface area is 185 Å². The Bertz CT molecular complexity index is 1080. The Morgan fingerprint density at radius 3 is 2.63 bits per heavy atom. The van der Waals surface area contributed by atoms with Gasteiger partial charge in [0.1, 0.15) is 5.57 Å². The zero-order valence-electron chi connectivity index (χ0n) is 17.0. The highest BCUT2D eigenvalue weighted by molar-refractivity contribution is 7.80. The summed E-state index contributed by atoms with van der Waals surface area (Å²) in [4.78, 5) is 27.1. The number of anilines is 1. The molecule has 3 rings (SSSR count). The molecule has 2 aromatic rings. The van der Waals surface area contributed by atoms with Crippen molar-refractivity contribution in [3.8, 4) is 11.5 Å². The van der Waals surface area contributed by atoms with Crippen molar-refractivity contribution >= 4 is 52.5 Å². The summed E-state index contributed by atoms with van der Waals surface area (Å²) in [5, 5.41) is 2.94. The van der Waals surface area contributed by atoms with E-state index >= 15 is 0 Å². The highest BCUT2D eigenvalue weighted by atomic mass is 35.5. The Balaban J connectivity index is 2.07. The fraction of sp³-hybridized carbons (Fsp3) is 0.227. The molecular weight excluding hydrogens is 424 g/mol. The number of methoxy groups -OCH3 is 1. The molecular formula is C22H21ClN2O4S. The SMILES string of the molecule is CCOc1c(Cl)cc(/C=C2/C(=O)NC(=S)N(c3cccc(C)c3C)C2=O)cc1OC. The lowest BCUT2D eigenvalue weighted by Crippen LogP contribution is -2.54. The van der Waals surface area contributed by atoms with Crippen LogP contribution in [0, 0.1) is 13.8 Å². The van der Waals surface area contributed by atoms with Gasteiger partial charge in [-0.1, -0.05) is 23.7 Å². The number of amides is 2. The van der Waals surface area contributed by atoms with E-state index in [1.807, 2.05) is 32.9 Å². The van der Waals surface area contributed by atoms with E-state index in [0.29, 0.717) is 34.4 Å². The van der Waals surface area contributed by atoms with Gasteiger partial charge in [-0.3, -0.25) is 19.8 Å². The summed E-state index contributed by atoms with van der Waals surface area (Å²) in [6.07, 6.45) is 1.46. The van der Waals surface area contributed by atoms with Crippen LogP contribution in [-0.4, -0.2) is 30.6 Å². The second kappa shape index (κ2) is 8.85. The van der Waals surface area contributed by atoms with E-state index in [0.717, 1.165) is 11.1 Å². The van der Waals surface area contributed by atoms with Crippen LogP contribution >= 0.6 is 23.8 Å². The van der Waals surface area contributed by atoms with Crippen LogP contribution in [0.15, 0.2) is 35.9 Å². The van der Waals surface area contributed by atoms with Crippen molar-refractivity contribution in [2.24, 2.45) is 0 Å². The van der Waals surface area contributed by atoms with E-state index < -0.39 is 11.8 Å². The fourth-order valence-corrected chi connectivity index (χ4v) is 3.68. The number of hydrogen-bond acceptors (Lipinski definition) is 5. The van der Waals surface area contributed by atoms with E-state index in [1.165, 1.54) is 18.1 Å². The van der Waals surface area contributed by atoms with Crippen molar-refractivity contribution in [2.45, 2.75) is 20.8 Å². The van der Waals surface area contributed by atoms with Crippen LogP contribution in [0.4, 0.5) is 5.69 Å². The number of aryl methyl sites for hydroxylation is 1. The molecule has 0 spiro atoms. The van der Waals surface area contributed by atoms with E-state index in [9.17, 15) is 9.59 Å². The van der Waals surface area contributed by atoms with E-state index in [2.05, 4.69) is 5.32 Å². The Kier molecular flexibility index (Phi) is 6.43. The van der Waals surface area contributed by atoms with Gasteiger partial charge in [0.15, 0.2) is 16.6 Å². The third-order valence-electron chi connectivity index (χ3n) is 4.77. The predicted molar refractivity (Wildman–Crippen MR) is 121 cm³/mol. The maximum atomic E-state index is 13.2. The minimum atomic E-state index is -0.574. The zero-order valence-corrected chi connectivity index (χ0v) is 18.6. The molecule has 0 radical (unpaired) electrons. The summed E-state index contributed by atoms with van der Waals surface area (Å²) in [6.45, 7) is 6.10. The predicted octanol–water partition coefficient (Wildman–Crippen LogP) is 4.20. The van der Waals surface area contributed by atoms with Crippen LogP contribution in [0.3, 0.4) is 0 Å². The average Bonchev–Trinajstić information content (AvgIpc) is 2.70. The standard InChI is InChI=1S/C22H21ClN2O4S/c1-5-29-19-16(23)10-14(11-18(19)28-4)9-15-20(26)24-22(30)25(21(15)27)17-8-6-7-12(2)13(17)3/h6-11H,5H2,1-4H3,(H,24,26,30)/b15-9-. The first-order valence-electron chi connectivity index (χ1n) is 9.26. The van der Waals surface area contributed by atoms with Gasteiger partial charge in [-0.25, -0.2) is 0 Å². The molecule has 1 aliphatic heterocycles. The zero-order chi connectivity index (χ0) is 22.0. The number of halogens is 1. The molecule has 0 saturated carbocycles. The molecule has 30 heavy (non-hydrogen) atoms. The largest absolute Gasteiger partial charge is 0.493 e. The maximum Gasteiger partial charge on any atom is 0.270 e. The second-order valence-corrected chi connectivity index (χ2v) is 7.44. The van der Waals surface area contributed by atoms with Gasteiger partial charge in [-0.15, -0.1) is 0 Å². The molecule has 6 nitrogen and oxygen atoms in total. The molecule has 1 heterocycles. The highest BCUT2D eigenvalue weighted by Crippen LogP contribution is 2.37. The van der Waals surface area contributed by atoms with Crippen LogP contribution < -0.4 is 19.7 Å². The minimum absolute atomic E-state index is 0.0400. The number of rotatable bonds is 5. The van der Waals surface area contributed by atoms with Crippen molar-refractivity contribution in [1.29, 1.82) is 0 Å². The first-order valence-corrected chi connectivity index (χ1v) is 10.0. The number of carbonyl (C=O) groups is 2. The lowest BCUT2D eigenvalue weighted by atomic mass is 10.0. The summed E-state index contributed by atoms with van der Waals surface area (Å²) in [5.74, 6) is -0.278. The van der Waals surface area contributed by atoms with Gasteiger partial charge in [0.25, 0.3) is 11.8 Å². The van der Waals surface area contributed by atoms with Gasteiger partial charge < -0.3 is 9.47 Å². The topological polar surface area (TPSA) is 67.9 Å². The highest BCUT2D eigenvalue weighted by Gasteiger charge is 2.35. The average molecular weight is 445 g/mol. The molecule has 1 aliphatic rings. The summed E-state index contributed by atoms with van der Waals surface area (Å²) in [7, 11) is 1.49. The first kappa shape index (κ1) is 21.8. The van der Waals surface area contributed by atoms with Gasteiger partial charge in [0, 0.05) is 0 Å². The second-order valence-electron chi connectivity index (χ2n) is 6.64. The number of benzene rings is 2. The summed E-state index contributed by atoms with van der Waals surface area (Å²) in [5.41, 5.74) is 2.99. The van der Waals surface area contributed by atoms with Crippen LogP contribution in [0.1, 0.15) is 23.6 Å². The molecule has 0 bridgehead atoms. The van der Waals surface area contributed by atoms with E-state index in [1.54, 1.807) is 18.2 Å². The normalized spacial score (nSPS) is 15.4. The number of carbonyl (C=O) groups excluding carboxylic acids is 2. The van der Waals surface area contributed by atoms with Crippen LogP contribution in [0.25, 0.3) is 6.08 Å². The molecule has 1 saturated heterocycles. The third-order valence-corrected chi connectivity index (χ3v) is 5.34. The van der Waals surface area contributed by atoms with Crippen molar-refractivity contribution in [1.82, 2.24) is 5.32 Å². The fourth-order valence-electron chi connectivity index (χ4n) is 3.13. The summed E-state index contributed by atoms with van der Waals surface area (Å²) in [6, 6.07) is 8.83. The van der Waals surface area contributed by atoms with E-state index in [4.69, 9.17) is 33.3 Å². The summed E-state index contributed by atoms with van der Waals surface area (Å²) < 4.78 is 10.9. The van der Waals surface area contributed by atoms with E-state index in [-0.39, 0.29) is 10.7 Å². The molecule has 0 unspecified atom stereocenters. The Morgan fingerprint density at radius 1 is 1.23 bits per heavy atom. The van der Waals surface area contributed by atoms with Gasteiger partial charge in [-0.2, -0.15) is 0 Å². The molecule has 8 heteroatoms. The maximum absolute atomic E-state index is 13.2. The first-order chi connectivity index (χ1) is 14.3. The van der Waals surface area contributed by atoms with Gasteiger partial charge in [0.2, 0.25) is 0 Å².